The van der Waals surface area contributed by atoms with Crippen molar-refractivity contribution in [1.29, 1.82) is 0 Å². The van der Waals surface area contributed by atoms with Gasteiger partial charge >= 0.3 is 0 Å². The summed E-state index contributed by atoms with van der Waals surface area (Å²) in [6.07, 6.45) is 2.12. The molecule has 2 fully saturated rings. The lowest BCUT2D eigenvalue weighted by Crippen LogP contribution is -2.46. The number of morpholine rings is 1. The van der Waals surface area contributed by atoms with E-state index in [-0.39, 0.29) is 24.0 Å². The van der Waals surface area contributed by atoms with Crippen LogP contribution in [0.3, 0.4) is 0 Å². The summed E-state index contributed by atoms with van der Waals surface area (Å²) in [6, 6.07) is 8.47. The van der Waals surface area contributed by atoms with E-state index in [2.05, 4.69) is 22.0 Å². The number of halogens is 2. The first-order valence-corrected chi connectivity index (χ1v) is 7.51. The Bertz CT molecular complexity index is 499. The first kappa shape index (κ1) is 16.8. The number of hydrogen-bond acceptors (Lipinski definition) is 2. The number of nitrogens with two attached hydrogens (primary N) is 1. The Morgan fingerprint density at radius 3 is 2.67 bits per heavy atom. The van der Waals surface area contributed by atoms with Crippen molar-refractivity contribution >= 4 is 41.5 Å². The first-order valence-electron chi connectivity index (χ1n) is 7.14. The van der Waals surface area contributed by atoms with Gasteiger partial charge in [-0.3, -0.25) is 0 Å². The largest absolute Gasteiger partial charge is 0.378 e. The monoisotopic (exact) mass is 421 g/mol. The summed E-state index contributed by atoms with van der Waals surface area (Å²) in [4.78, 5) is 6.74. The van der Waals surface area contributed by atoms with Gasteiger partial charge in [-0.15, -0.1) is 24.0 Å². The van der Waals surface area contributed by atoms with Crippen molar-refractivity contribution in [3.63, 3.8) is 0 Å². The highest BCUT2D eigenvalue weighted by Gasteiger charge is 2.30. The van der Waals surface area contributed by atoms with Gasteiger partial charge in [0.2, 0.25) is 0 Å². The molecule has 4 nitrogen and oxygen atoms in total. The third kappa shape index (κ3) is 4.23. The second-order valence-corrected chi connectivity index (χ2v) is 5.90. The fourth-order valence-corrected chi connectivity index (χ4v) is 2.99. The number of aliphatic imine (C=N–C) groups is 1. The third-order valence-corrected chi connectivity index (χ3v) is 4.32. The van der Waals surface area contributed by atoms with Gasteiger partial charge in [0.05, 0.1) is 19.3 Å². The van der Waals surface area contributed by atoms with Gasteiger partial charge in [-0.05, 0) is 36.5 Å². The Kier molecular flexibility index (Phi) is 6.13. The minimum atomic E-state index is 0. The number of benzene rings is 1. The van der Waals surface area contributed by atoms with Gasteiger partial charge in [-0.2, -0.15) is 0 Å². The Hall–Kier alpha value is -0.530. The average molecular weight is 422 g/mol. The van der Waals surface area contributed by atoms with Crippen LogP contribution in [0.1, 0.15) is 24.3 Å². The fraction of sp³-hybridized carbons (Fsp3) is 0.533. The number of hydrogen-bond donors (Lipinski definition) is 1. The Balaban J connectivity index is 0.00000161. The summed E-state index contributed by atoms with van der Waals surface area (Å²) >= 11 is 6.03. The molecule has 0 bridgehead atoms. The Morgan fingerprint density at radius 1 is 1.29 bits per heavy atom. The summed E-state index contributed by atoms with van der Waals surface area (Å²) in [5, 5.41) is 0.808. The maximum absolute atomic E-state index is 6.07. The summed E-state index contributed by atoms with van der Waals surface area (Å²) in [7, 11) is 0. The molecular weight excluding hydrogens is 401 g/mol. The quantitative estimate of drug-likeness (QED) is 0.454. The molecule has 6 heteroatoms. The molecule has 2 N–H and O–H groups in total. The molecule has 1 aromatic carbocycles. The second kappa shape index (κ2) is 7.65. The zero-order valence-corrected chi connectivity index (χ0v) is 15.0. The smallest absolute Gasteiger partial charge is 0.191 e. The van der Waals surface area contributed by atoms with E-state index in [1.54, 1.807) is 0 Å². The van der Waals surface area contributed by atoms with Crippen LogP contribution in [0.25, 0.3) is 0 Å². The molecule has 1 aliphatic carbocycles. The molecule has 2 aliphatic rings. The molecule has 116 valence electrons. The molecule has 0 aromatic heterocycles. The van der Waals surface area contributed by atoms with Gasteiger partial charge in [0.25, 0.3) is 0 Å². The molecule has 0 atom stereocenters. The van der Waals surface area contributed by atoms with Gasteiger partial charge < -0.3 is 15.4 Å². The third-order valence-electron chi connectivity index (χ3n) is 4.08. The fourth-order valence-electron chi connectivity index (χ4n) is 2.79. The van der Waals surface area contributed by atoms with Crippen LogP contribution in [0.2, 0.25) is 5.02 Å². The van der Waals surface area contributed by atoms with Crippen LogP contribution in [0, 0.1) is 0 Å². The zero-order valence-electron chi connectivity index (χ0n) is 11.9. The van der Waals surface area contributed by atoms with Gasteiger partial charge in [0.15, 0.2) is 5.96 Å². The summed E-state index contributed by atoms with van der Waals surface area (Å²) in [5.74, 6) is 1.24. The molecule has 1 aromatic rings. The molecule has 0 unspecified atom stereocenters. The minimum absolute atomic E-state index is 0. The standard InChI is InChI=1S/C15H20ClN3O.HI/c16-13-3-1-2-11(8-13)12-9-14(10-12)18-15(17)19-4-6-20-7-5-19;/h1-3,8,12,14H,4-7,9-10H2,(H2,17,18);1H. The SMILES string of the molecule is I.NC(=NC1CC(c2cccc(Cl)c2)C1)N1CCOCC1. The van der Waals surface area contributed by atoms with Crippen molar-refractivity contribution in [2.75, 3.05) is 26.3 Å². The number of nitrogens with zero attached hydrogens (tertiary/aromatic N) is 2. The van der Waals surface area contributed by atoms with Crippen molar-refractivity contribution in [2.24, 2.45) is 10.7 Å². The predicted octanol–water partition coefficient (Wildman–Crippen LogP) is 2.85. The Labute approximate surface area is 147 Å². The van der Waals surface area contributed by atoms with E-state index in [0.29, 0.717) is 17.9 Å². The number of guanidine groups is 1. The average Bonchev–Trinajstić information content (AvgIpc) is 2.43. The zero-order chi connectivity index (χ0) is 13.9. The van der Waals surface area contributed by atoms with E-state index in [0.717, 1.165) is 44.2 Å². The summed E-state index contributed by atoms with van der Waals surface area (Å²) in [6.45, 7) is 3.18. The topological polar surface area (TPSA) is 50.8 Å². The number of rotatable bonds is 2. The van der Waals surface area contributed by atoms with E-state index in [9.17, 15) is 0 Å². The van der Waals surface area contributed by atoms with Crippen molar-refractivity contribution in [2.45, 2.75) is 24.8 Å². The van der Waals surface area contributed by atoms with Crippen LogP contribution in [0.15, 0.2) is 29.3 Å². The maximum atomic E-state index is 6.07. The molecule has 1 saturated carbocycles. The van der Waals surface area contributed by atoms with E-state index in [1.165, 1.54) is 5.56 Å². The van der Waals surface area contributed by atoms with Crippen molar-refractivity contribution < 1.29 is 4.74 Å². The van der Waals surface area contributed by atoms with Crippen molar-refractivity contribution in [3.05, 3.63) is 34.9 Å². The number of ether oxygens (including phenoxy) is 1. The minimum Gasteiger partial charge on any atom is -0.378 e. The highest BCUT2D eigenvalue weighted by atomic mass is 127. The van der Waals surface area contributed by atoms with E-state index >= 15 is 0 Å². The molecule has 0 radical (unpaired) electrons. The van der Waals surface area contributed by atoms with Gasteiger partial charge in [-0.1, -0.05) is 23.7 Å². The lowest BCUT2D eigenvalue weighted by Gasteiger charge is -2.35. The molecule has 1 heterocycles. The molecule has 21 heavy (non-hydrogen) atoms. The van der Waals surface area contributed by atoms with E-state index < -0.39 is 0 Å². The Morgan fingerprint density at radius 2 is 2.00 bits per heavy atom. The van der Waals surface area contributed by atoms with Crippen LogP contribution in [-0.2, 0) is 4.74 Å². The van der Waals surface area contributed by atoms with Gasteiger partial charge in [0.1, 0.15) is 0 Å². The molecule has 1 aliphatic heterocycles. The van der Waals surface area contributed by atoms with Crippen LogP contribution in [0.5, 0.6) is 0 Å². The normalized spacial score (nSPS) is 26.0. The first-order chi connectivity index (χ1) is 9.72. The van der Waals surface area contributed by atoms with Crippen LogP contribution in [-0.4, -0.2) is 43.2 Å². The van der Waals surface area contributed by atoms with E-state index in [1.807, 2.05) is 12.1 Å². The van der Waals surface area contributed by atoms with Crippen molar-refractivity contribution in [1.82, 2.24) is 4.90 Å². The van der Waals surface area contributed by atoms with Crippen molar-refractivity contribution in [3.8, 4) is 0 Å². The lowest BCUT2D eigenvalue weighted by molar-refractivity contribution is 0.0671. The second-order valence-electron chi connectivity index (χ2n) is 5.46. The highest BCUT2D eigenvalue weighted by Crippen LogP contribution is 2.39. The van der Waals surface area contributed by atoms with Crippen LogP contribution < -0.4 is 5.73 Å². The van der Waals surface area contributed by atoms with Crippen LogP contribution in [0.4, 0.5) is 0 Å². The molecule has 0 amide bonds. The maximum Gasteiger partial charge on any atom is 0.191 e. The predicted molar refractivity (Wildman–Crippen MR) is 96.6 cm³/mol. The lowest BCUT2D eigenvalue weighted by atomic mass is 9.76. The van der Waals surface area contributed by atoms with Gasteiger partial charge in [-0.25, -0.2) is 4.99 Å². The molecule has 0 spiro atoms. The molecule has 3 rings (SSSR count). The van der Waals surface area contributed by atoms with Gasteiger partial charge in [0, 0.05) is 18.1 Å². The highest BCUT2D eigenvalue weighted by molar-refractivity contribution is 14.0. The summed E-state index contributed by atoms with van der Waals surface area (Å²) in [5.41, 5.74) is 7.38. The molecule has 1 saturated heterocycles. The van der Waals surface area contributed by atoms with E-state index in [4.69, 9.17) is 22.1 Å². The summed E-state index contributed by atoms with van der Waals surface area (Å²) < 4.78 is 5.32. The molecular formula is C15H21ClIN3O. The van der Waals surface area contributed by atoms with Crippen LogP contribution >= 0.6 is 35.6 Å².